The Kier molecular flexibility index (Phi) is 7.40. The molecular weight excluding hydrogens is 488 g/mol. The van der Waals surface area contributed by atoms with Gasteiger partial charge in [-0.15, -0.1) is 0 Å². The second-order valence-corrected chi connectivity index (χ2v) is 10.9. The molecule has 1 fully saturated rings. The molecule has 200 valence electrons. The third-order valence-corrected chi connectivity index (χ3v) is 6.90. The van der Waals surface area contributed by atoms with Crippen LogP contribution in [0.1, 0.15) is 38.8 Å². The standard InChI is InChI=1S/C32H34N4O3/c1-5-22-6-12-25(13-7-22)30-27(24-10-8-23(19-33)9-11-24)18-29-28(34-30)14-15-35(29)20-26-21-36(16-17-38-26)31(37)39-32(2,3)4/h6-15,18,26H,5,16-17,20-21H2,1-4H3. The lowest BCUT2D eigenvalue weighted by molar-refractivity contribution is -0.0469. The molecule has 5 rings (SSSR count). The molecule has 0 spiro atoms. The van der Waals surface area contributed by atoms with E-state index < -0.39 is 5.60 Å². The highest BCUT2D eigenvalue weighted by molar-refractivity contribution is 5.90. The number of hydrogen-bond donors (Lipinski definition) is 0. The maximum Gasteiger partial charge on any atom is 0.410 e. The number of hydrogen-bond acceptors (Lipinski definition) is 5. The number of fused-ring (bicyclic) bond motifs is 1. The van der Waals surface area contributed by atoms with Gasteiger partial charge in [0.05, 0.1) is 54.2 Å². The number of aryl methyl sites for hydroxylation is 1. The zero-order valence-corrected chi connectivity index (χ0v) is 23.0. The summed E-state index contributed by atoms with van der Waals surface area (Å²) in [5.74, 6) is 0. The fourth-order valence-electron chi connectivity index (χ4n) is 4.87. The molecule has 3 heterocycles. The van der Waals surface area contributed by atoms with Crippen molar-refractivity contribution in [3.63, 3.8) is 0 Å². The Morgan fingerprint density at radius 2 is 1.82 bits per heavy atom. The van der Waals surface area contributed by atoms with Gasteiger partial charge in [-0.05, 0) is 62.6 Å². The van der Waals surface area contributed by atoms with Gasteiger partial charge in [0.2, 0.25) is 0 Å². The third-order valence-electron chi connectivity index (χ3n) is 6.90. The topological polar surface area (TPSA) is 80.4 Å². The number of nitriles is 1. The lowest BCUT2D eigenvalue weighted by Gasteiger charge is -2.34. The number of aromatic nitrogens is 2. The van der Waals surface area contributed by atoms with Gasteiger partial charge in [-0.25, -0.2) is 9.78 Å². The number of carbonyl (C=O) groups excluding carboxylic acids is 1. The molecule has 0 N–H and O–H groups in total. The van der Waals surface area contributed by atoms with Gasteiger partial charge in [-0.2, -0.15) is 5.26 Å². The Morgan fingerprint density at radius 1 is 1.10 bits per heavy atom. The summed E-state index contributed by atoms with van der Waals surface area (Å²) < 4.78 is 13.8. The van der Waals surface area contributed by atoms with Crippen molar-refractivity contribution in [2.24, 2.45) is 0 Å². The summed E-state index contributed by atoms with van der Waals surface area (Å²) in [6, 6.07) is 22.5. The summed E-state index contributed by atoms with van der Waals surface area (Å²) in [6.07, 6.45) is 2.53. The Balaban J connectivity index is 1.49. The molecule has 0 saturated carbocycles. The smallest absolute Gasteiger partial charge is 0.410 e. The fraction of sp³-hybridized carbons (Fsp3) is 0.344. The molecule has 39 heavy (non-hydrogen) atoms. The molecule has 4 aromatic rings. The molecule has 1 amide bonds. The van der Waals surface area contributed by atoms with Crippen molar-refractivity contribution in [1.82, 2.24) is 14.5 Å². The van der Waals surface area contributed by atoms with Gasteiger partial charge in [0.25, 0.3) is 0 Å². The van der Waals surface area contributed by atoms with E-state index in [1.165, 1.54) is 5.56 Å². The zero-order chi connectivity index (χ0) is 27.6. The molecule has 1 unspecified atom stereocenters. The highest BCUT2D eigenvalue weighted by Gasteiger charge is 2.28. The van der Waals surface area contributed by atoms with Crippen LogP contribution in [0.3, 0.4) is 0 Å². The molecule has 0 bridgehead atoms. The lowest BCUT2D eigenvalue weighted by atomic mass is 9.97. The molecule has 7 nitrogen and oxygen atoms in total. The first-order valence-electron chi connectivity index (χ1n) is 13.4. The first-order chi connectivity index (χ1) is 18.7. The minimum Gasteiger partial charge on any atom is -0.444 e. The average molecular weight is 523 g/mol. The molecule has 7 heteroatoms. The highest BCUT2D eigenvalue weighted by Crippen LogP contribution is 2.34. The first-order valence-corrected chi connectivity index (χ1v) is 13.4. The highest BCUT2D eigenvalue weighted by atomic mass is 16.6. The molecule has 2 aromatic heterocycles. The number of rotatable bonds is 5. The first kappa shape index (κ1) is 26.5. The van der Waals surface area contributed by atoms with E-state index in [-0.39, 0.29) is 12.2 Å². The molecule has 0 radical (unpaired) electrons. The van der Waals surface area contributed by atoms with Gasteiger partial charge in [0, 0.05) is 23.9 Å². The average Bonchev–Trinajstić information content (AvgIpc) is 3.33. The Morgan fingerprint density at radius 3 is 2.49 bits per heavy atom. The predicted octanol–water partition coefficient (Wildman–Crippen LogP) is 6.44. The van der Waals surface area contributed by atoms with Crippen LogP contribution in [-0.4, -0.2) is 51.9 Å². The van der Waals surface area contributed by atoms with Crippen molar-refractivity contribution in [3.8, 4) is 28.5 Å². The summed E-state index contributed by atoms with van der Waals surface area (Å²) in [7, 11) is 0. The van der Waals surface area contributed by atoms with Crippen LogP contribution in [0.4, 0.5) is 4.79 Å². The minimum absolute atomic E-state index is 0.165. The van der Waals surface area contributed by atoms with Crippen LogP contribution in [0, 0.1) is 11.3 Å². The van der Waals surface area contributed by atoms with Gasteiger partial charge in [0.1, 0.15) is 5.60 Å². The summed E-state index contributed by atoms with van der Waals surface area (Å²) in [5, 5.41) is 9.29. The second-order valence-electron chi connectivity index (χ2n) is 10.9. The molecule has 1 saturated heterocycles. The lowest BCUT2D eigenvalue weighted by Crippen LogP contribution is -2.48. The molecule has 2 aromatic carbocycles. The predicted molar refractivity (Wildman–Crippen MR) is 152 cm³/mol. The number of carbonyl (C=O) groups is 1. The Bertz CT molecular complexity index is 1510. The maximum atomic E-state index is 12.6. The van der Waals surface area contributed by atoms with E-state index in [1.54, 1.807) is 4.90 Å². The van der Waals surface area contributed by atoms with Gasteiger partial charge in [-0.3, -0.25) is 0 Å². The van der Waals surface area contributed by atoms with Gasteiger partial charge in [-0.1, -0.05) is 43.3 Å². The number of nitrogens with zero attached hydrogens (tertiary/aromatic N) is 4. The summed E-state index contributed by atoms with van der Waals surface area (Å²) in [4.78, 5) is 19.5. The van der Waals surface area contributed by atoms with E-state index in [0.29, 0.717) is 31.8 Å². The van der Waals surface area contributed by atoms with E-state index in [9.17, 15) is 10.1 Å². The molecule has 0 aliphatic carbocycles. The summed E-state index contributed by atoms with van der Waals surface area (Å²) in [6.45, 7) is 9.80. The number of pyridine rings is 1. The van der Waals surface area contributed by atoms with Crippen molar-refractivity contribution in [2.75, 3.05) is 19.7 Å². The van der Waals surface area contributed by atoms with E-state index in [1.807, 2.05) is 57.3 Å². The van der Waals surface area contributed by atoms with Crippen LogP contribution in [0.25, 0.3) is 33.4 Å². The second kappa shape index (κ2) is 10.9. The number of morpholine rings is 1. The van der Waals surface area contributed by atoms with Crippen molar-refractivity contribution in [2.45, 2.75) is 52.4 Å². The molecule has 1 atom stereocenters. The summed E-state index contributed by atoms with van der Waals surface area (Å²) in [5.41, 5.74) is 7.18. The third kappa shape index (κ3) is 5.97. The van der Waals surface area contributed by atoms with Gasteiger partial charge in [0.15, 0.2) is 0 Å². The van der Waals surface area contributed by atoms with E-state index >= 15 is 0 Å². The van der Waals surface area contributed by atoms with Crippen molar-refractivity contribution in [3.05, 3.63) is 78.0 Å². The minimum atomic E-state index is -0.538. The molecular formula is C32H34N4O3. The van der Waals surface area contributed by atoms with Crippen molar-refractivity contribution in [1.29, 1.82) is 5.26 Å². The Hall–Kier alpha value is -4.15. The van der Waals surface area contributed by atoms with Crippen LogP contribution in [0.2, 0.25) is 0 Å². The molecule has 1 aliphatic rings. The normalized spacial score (nSPS) is 15.8. The monoisotopic (exact) mass is 522 g/mol. The van der Waals surface area contributed by atoms with E-state index in [4.69, 9.17) is 14.5 Å². The van der Waals surface area contributed by atoms with Gasteiger partial charge >= 0.3 is 6.09 Å². The van der Waals surface area contributed by atoms with Crippen LogP contribution in [0.15, 0.2) is 66.9 Å². The van der Waals surface area contributed by atoms with E-state index in [2.05, 4.69) is 47.9 Å². The van der Waals surface area contributed by atoms with Crippen LogP contribution < -0.4 is 0 Å². The summed E-state index contributed by atoms with van der Waals surface area (Å²) >= 11 is 0. The molecule has 1 aliphatic heterocycles. The van der Waals surface area contributed by atoms with Crippen molar-refractivity contribution < 1.29 is 14.3 Å². The Labute approximate surface area is 229 Å². The SMILES string of the molecule is CCc1ccc(-c2nc3ccn(CC4CN(C(=O)OC(C)(C)C)CCO4)c3cc2-c2ccc(C#N)cc2)cc1. The van der Waals surface area contributed by atoms with Gasteiger partial charge < -0.3 is 18.9 Å². The number of benzene rings is 2. The zero-order valence-electron chi connectivity index (χ0n) is 23.0. The van der Waals surface area contributed by atoms with Crippen LogP contribution in [0.5, 0.6) is 0 Å². The fourth-order valence-corrected chi connectivity index (χ4v) is 4.87. The number of ether oxygens (including phenoxy) is 2. The van der Waals surface area contributed by atoms with Crippen LogP contribution >= 0.6 is 0 Å². The van der Waals surface area contributed by atoms with E-state index in [0.717, 1.165) is 39.8 Å². The number of amides is 1. The quantitative estimate of drug-likeness (QED) is 0.301. The van der Waals surface area contributed by atoms with Crippen LogP contribution in [-0.2, 0) is 22.4 Å². The van der Waals surface area contributed by atoms with Crippen molar-refractivity contribution >= 4 is 17.1 Å². The largest absolute Gasteiger partial charge is 0.444 e. The maximum absolute atomic E-state index is 12.6.